The lowest BCUT2D eigenvalue weighted by molar-refractivity contribution is -0.151. The fraction of sp³-hybridized carbons (Fsp3) is 0.227. The number of amides is 2. The highest BCUT2D eigenvalue weighted by Gasteiger charge is 2.17. The normalized spacial score (nSPS) is 11.6. The number of hydrogen-bond donors (Lipinski definition) is 2. The maximum Gasteiger partial charge on any atom is 0.328 e. The van der Waals surface area contributed by atoms with Crippen molar-refractivity contribution < 1.29 is 23.9 Å². The molecule has 0 fully saturated rings. The third-order valence-electron chi connectivity index (χ3n) is 4.00. The van der Waals surface area contributed by atoms with E-state index < -0.39 is 30.4 Å². The monoisotopic (exact) mass is 430 g/mol. The van der Waals surface area contributed by atoms with E-state index in [9.17, 15) is 14.4 Å². The number of rotatable bonds is 9. The first kappa shape index (κ1) is 23.0. The topological polar surface area (TPSA) is 93.7 Å². The second-order valence-electron chi connectivity index (χ2n) is 6.35. The number of benzene rings is 2. The molecule has 0 aromatic heterocycles. The van der Waals surface area contributed by atoms with Gasteiger partial charge >= 0.3 is 5.97 Å². The molecule has 0 aliphatic carbocycles. The predicted octanol–water partition coefficient (Wildman–Crippen LogP) is 2.73. The van der Waals surface area contributed by atoms with Gasteiger partial charge in [-0.05, 0) is 48.4 Å². The summed E-state index contributed by atoms with van der Waals surface area (Å²) in [6.07, 6.45) is 2.92. The van der Waals surface area contributed by atoms with Crippen LogP contribution in [0, 0.1) is 0 Å². The van der Waals surface area contributed by atoms with Crippen molar-refractivity contribution in [1.82, 2.24) is 10.6 Å². The Labute approximate surface area is 180 Å². The van der Waals surface area contributed by atoms with Gasteiger partial charge in [-0.3, -0.25) is 9.59 Å². The number of carbonyl (C=O) groups excluding carboxylic acids is 3. The van der Waals surface area contributed by atoms with Gasteiger partial charge in [0.1, 0.15) is 11.8 Å². The highest BCUT2D eigenvalue weighted by atomic mass is 35.5. The zero-order valence-corrected chi connectivity index (χ0v) is 17.4. The van der Waals surface area contributed by atoms with Gasteiger partial charge in [0, 0.05) is 17.6 Å². The molecule has 0 saturated carbocycles. The molecule has 0 saturated heterocycles. The van der Waals surface area contributed by atoms with Crippen LogP contribution < -0.4 is 15.4 Å². The van der Waals surface area contributed by atoms with E-state index in [0.29, 0.717) is 10.8 Å². The van der Waals surface area contributed by atoms with Crippen LogP contribution in [0.5, 0.6) is 5.75 Å². The Morgan fingerprint density at radius 1 is 1.07 bits per heavy atom. The predicted molar refractivity (Wildman–Crippen MR) is 114 cm³/mol. The summed E-state index contributed by atoms with van der Waals surface area (Å²) >= 11 is 5.80. The highest BCUT2D eigenvalue weighted by molar-refractivity contribution is 6.30. The summed E-state index contributed by atoms with van der Waals surface area (Å²) < 4.78 is 10.0. The van der Waals surface area contributed by atoms with Crippen molar-refractivity contribution in [2.24, 2.45) is 0 Å². The molecule has 30 heavy (non-hydrogen) atoms. The Kier molecular flexibility index (Phi) is 8.90. The summed E-state index contributed by atoms with van der Waals surface area (Å²) in [6.45, 7) is 1.33. The number of nitrogens with one attached hydrogen (secondary N) is 2. The van der Waals surface area contributed by atoms with Crippen LogP contribution in [0.2, 0.25) is 5.02 Å². The van der Waals surface area contributed by atoms with Gasteiger partial charge in [-0.1, -0.05) is 35.9 Å². The summed E-state index contributed by atoms with van der Waals surface area (Å²) in [5.74, 6) is -0.897. The average Bonchev–Trinajstić information content (AvgIpc) is 2.75. The Morgan fingerprint density at radius 2 is 1.73 bits per heavy atom. The number of halogens is 1. The molecule has 2 N–H and O–H groups in total. The fourth-order valence-corrected chi connectivity index (χ4v) is 2.45. The Bertz CT molecular complexity index is 895. The first-order valence-electron chi connectivity index (χ1n) is 9.18. The molecule has 0 radical (unpaired) electrons. The number of hydrogen-bond acceptors (Lipinski definition) is 5. The van der Waals surface area contributed by atoms with Gasteiger partial charge in [0.05, 0.1) is 7.11 Å². The molecule has 0 aliphatic rings. The van der Waals surface area contributed by atoms with E-state index in [1.807, 2.05) is 0 Å². The van der Waals surface area contributed by atoms with E-state index in [0.717, 1.165) is 11.1 Å². The van der Waals surface area contributed by atoms with Crippen LogP contribution >= 0.6 is 11.6 Å². The van der Waals surface area contributed by atoms with Crippen LogP contribution in [0.1, 0.15) is 18.1 Å². The summed E-state index contributed by atoms with van der Waals surface area (Å²) in [5, 5.41) is 5.73. The lowest BCUT2D eigenvalue weighted by atomic mass is 10.2. The van der Waals surface area contributed by atoms with E-state index in [2.05, 4.69) is 10.6 Å². The zero-order valence-electron chi connectivity index (χ0n) is 16.7. The maximum absolute atomic E-state index is 12.0. The molecule has 0 bridgehead atoms. The van der Waals surface area contributed by atoms with Crippen molar-refractivity contribution in [2.75, 3.05) is 13.7 Å². The van der Waals surface area contributed by atoms with E-state index in [-0.39, 0.29) is 6.54 Å². The molecule has 2 amide bonds. The standard InChI is InChI=1S/C22H23ClN2O5/c1-15(25-20(26)12-7-16-5-10-19(29-2)11-6-16)22(28)30-14-21(27)24-13-17-3-8-18(23)9-4-17/h3-12,15H,13-14H2,1-2H3,(H,24,27)(H,25,26). The molecule has 0 aliphatic heterocycles. The molecule has 1 unspecified atom stereocenters. The molecule has 1 atom stereocenters. The third kappa shape index (κ3) is 7.97. The van der Waals surface area contributed by atoms with Gasteiger partial charge in [0.25, 0.3) is 5.91 Å². The number of methoxy groups -OCH3 is 1. The van der Waals surface area contributed by atoms with Gasteiger partial charge in [-0.25, -0.2) is 4.79 Å². The molecule has 0 heterocycles. The van der Waals surface area contributed by atoms with E-state index >= 15 is 0 Å². The lowest BCUT2D eigenvalue weighted by Crippen LogP contribution is -2.40. The largest absolute Gasteiger partial charge is 0.497 e. The Hall–Kier alpha value is -3.32. The second-order valence-corrected chi connectivity index (χ2v) is 6.78. The molecular formula is C22H23ClN2O5. The van der Waals surface area contributed by atoms with Gasteiger partial charge in [-0.2, -0.15) is 0 Å². The van der Waals surface area contributed by atoms with Crippen LogP contribution in [-0.4, -0.2) is 37.5 Å². The van der Waals surface area contributed by atoms with Gasteiger partial charge in [0.2, 0.25) is 5.91 Å². The van der Waals surface area contributed by atoms with Crippen LogP contribution in [0.25, 0.3) is 6.08 Å². The molecule has 0 spiro atoms. The first-order chi connectivity index (χ1) is 14.4. The quantitative estimate of drug-likeness (QED) is 0.471. The average molecular weight is 431 g/mol. The number of esters is 1. The van der Waals surface area contributed by atoms with Crippen LogP contribution in [-0.2, 0) is 25.7 Å². The molecule has 2 aromatic carbocycles. The molecule has 2 rings (SSSR count). The van der Waals surface area contributed by atoms with E-state index in [4.69, 9.17) is 21.1 Å². The minimum Gasteiger partial charge on any atom is -0.497 e. The SMILES string of the molecule is COc1ccc(C=CC(=O)NC(C)C(=O)OCC(=O)NCc2ccc(Cl)cc2)cc1. The highest BCUT2D eigenvalue weighted by Crippen LogP contribution is 2.12. The summed E-state index contributed by atoms with van der Waals surface area (Å²) in [4.78, 5) is 35.7. The van der Waals surface area contributed by atoms with Gasteiger partial charge in [-0.15, -0.1) is 0 Å². The minimum atomic E-state index is -0.901. The molecule has 2 aromatic rings. The maximum atomic E-state index is 12.0. The minimum absolute atomic E-state index is 0.288. The van der Waals surface area contributed by atoms with E-state index in [1.54, 1.807) is 61.7 Å². The lowest BCUT2D eigenvalue weighted by Gasteiger charge is -2.12. The summed E-state index contributed by atoms with van der Waals surface area (Å²) in [6, 6.07) is 13.2. The van der Waals surface area contributed by atoms with Crippen LogP contribution in [0.4, 0.5) is 0 Å². The van der Waals surface area contributed by atoms with E-state index in [1.165, 1.54) is 13.0 Å². The van der Waals surface area contributed by atoms with Gasteiger partial charge in [0.15, 0.2) is 6.61 Å². The second kappa shape index (κ2) is 11.6. The summed E-state index contributed by atoms with van der Waals surface area (Å²) in [5.41, 5.74) is 1.67. The number of ether oxygens (including phenoxy) is 2. The third-order valence-corrected chi connectivity index (χ3v) is 4.26. The molecule has 8 heteroatoms. The van der Waals surface area contributed by atoms with Crippen molar-refractivity contribution in [2.45, 2.75) is 19.5 Å². The molecule has 158 valence electrons. The number of carbonyl (C=O) groups is 3. The smallest absolute Gasteiger partial charge is 0.328 e. The molecular weight excluding hydrogens is 408 g/mol. The van der Waals surface area contributed by atoms with Crippen LogP contribution in [0.15, 0.2) is 54.6 Å². The summed E-state index contributed by atoms with van der Waals surface area (Å²) in [7, 11) is 1.57. The van der Waals surface area contributed by atoms with Crippen molar-refractivity contribution in [1.29, 1.82) is 0 Å². The van der Waals surface area contributed by atoms with Gasteiger partial charge < -0.3 is 20.1 Å². The van der Waals surface area contributed by atoms with Crippen molar-refractivity contribution in [3.05, 3.63) is 70.8 Å². The Balaban J connectivity index is 1.71. The van der Waals surface area contributed by atoms with Crippen molar-refractivity contribution in [3.63, 3.8) is 0 Å². The van der Waals surface area contributed by atoms with Crippen LogP contribution in [0.3, 0.4) is 0 Å². The van der Waals surface area contributed by atoms with Crippen molar-refractivity contribution in [3.8, 4) is 5.75 Å². The first-order valence-corrected chi connectivity index (χ1v) is 9.55. The zero-order chi connectivity index (χ0) is 21.9. The fourth-order valence-electron chi connectivity index (χ4n) is 2.32. The Morgan fingerprint density at radius 3 is 2.37 bits per heavy atom. The molecule has 7 nitrogen and oxygen atoms in total. The van der Waals surface area contributed by atoms with Crippen molar-refractivity contribution >= 4 is 35.5 Å².